The molecule has 27 heavy (non-hydrogen) atoms. The molecule has 2 aromatic carbocycles. The normalized spacial score (nSPS) is 13.3. The van der Waals surface area contributed by atoms with Crippen LogP contribution in [0, 0.1) is 10.1 Å². The molecule has 3 rings (SSSR count). The van der Waals surface area contributed by atoms with Gasteiger partial charge in [0.1, 0.15) is 11.3 Å². The van der Waals surface area contributed by atoms with Crippen LogP contribution in [0.2, 0.25) is 5.02 Å². The quantitative estimate of drug-likeness (QED) is 0.428. The number of amides is 2. The lowest BCUT2D eigenvalue weighted by Crippen LogP contribution is -2.39. The van der Waals surface area contributed by atoms with Crippen molar-refractivity contribution in [3.8, 4) is 5.75 Å². The number of fused-ring (bicyclic) bond motifs is 1. The van der Waals surface area contributed by atoms with Crippen LogP contribution in [0.25, 0.3) is 0 Å². The summed E-state index contributed by atoms with van der Waals surface area (Å²) >= 11 is 6.03. The number of hydrogen-bond acceptors (Lipinski definition) is 6. The zero-order valence-electron chi connectivity index (χ0n) is 14.6. The highest BCUT2D eigenvalue weighted by molar-refractivity contribution is 6.30. The molecule has 0 radical (unpaired) electrons. The number of carbonyl (C=O) groups is 2. The molecule has 0 N–H and O–H groups in total. The molecule has 1 aliphatic heterocycles. The summed E-state index contributed by atoms with van der Waals surface area (Å²) in [7, 11) is 3.26. The average Bonchev–Trinajstić information content (AvgIpc) is 2.87. The summed E-state index contributed by atoms with van der Waals surface area (Å²) in [6.07, 6.45) is 0. The Morgan fingerprint density at radius 1 is 1.22 bits per heavy atom. The highest BCUT2D eigenvalue weighted by Crippen LogP contribution is 2.31. The monoisotopic (exact) mass is 389 g/mol. The molecule has 0 spiro atoms. The van der Waals surface area contributed by atoms with E-state index < -0.39 is 16.7 Å². The number of hydrogen-bond donors (Lipinski definition) is 0. The number of ether oxygens (including phenoxy) is 1. The Balaban J connectivity index is 1.82. The number of rotatable bonds is 6. The molecule has 0 unspecified atom stereocenters. The van der Waals surface area contributed by atoms with Crippen LogP contribution in [0.3, 0.4) is 0 Å². The zero-order chi connectivity index (χ0) is 19.7. The Kier molecular flexibility index (Phi) is 5.11. The minimum atomic E-state index is -0.674. The smallest absolute Gasteiger partial charge is 0.282 e. The second-order valence-corrected chi connectivity index (χ2v) is 6.54. The SMILES string of the molecule is COc1ccc(Cl)cc1CN(C)CN1C(=O)c2cccc([N+](=O)[O-])c2C1=O. The highest BCUT2D eigenvalue weighted by atomic mass is 35.5. The first kappa shape index (κ1) is 18.8. The molecule has 1 heterocycles. The van der Waals surface area contributed by atoms with E-state index in [1.54, 1.807) is 30.1 Å². The highest BCUT2D eigenvalue weighted by Gasteiger charge is 2.41. The fourth-order valence-corrected chi connectivity index (χ4v) is 3.24. The summed E-state index contributed by atoms with van der Waals surface area (Å²) in [6.45, 7) is 0.332. The first-order chi connectivity index (χ1) is 12.8. The second kappa shape index (κ2) is 7.34. The molecule has 140 valence electrons. The van der Waals surface area contributed by atoms with Crippen molar-refractivity contribution in [2.75, 3.05) is 20.8 Å². The van der Waals surface area contributed by atoms with Crippen LogP contribution in [0.4, 0.5) is 5.69 Å². The van der Waals surface area contributed by atoms with Gasteiger partial charge in [0.25, 0.3) is 17.5 Å². The standard InChI is InChI=1S/C18H16ClN3O5/c1-20(9-11-8-12(19)6-7-15(11)27-2)10-21-17(23)13-4-3-5-14(22(25)26)16(13)18(21)24/h3-8H,9-10H2,1-2H3. The Morgan fingerprint density at radius 3 is 2.63 bits per heavy atom. The lowest BCUT2D eigenvalue weighted by atomic mass is 10.1. The van der Waals surface area contributed by atoms with E-state index in [-0.39, 0.29) is 23.5 Å². The van der Waals surface area contributed by atoms with E-state index in [9.17, 15) is 19.7 Å². The summed E-state index contributed by atoms with van der Waals surface area (Å²) in [5.41, 5.74) is 0.298. The van der Waals surface area contributed by atoms with Crippen molar-refractivity contribution in [2.45, 2.75) is 6.54 Å². The van der Waals surface area contributed by atoms with Crippen LogP contribution in [-0.4, -0.2) is 47.4 Å². The molecule has 2 amide bonds. The Hall–Kier alpha value is -2.97. The molecule has 0 fully saturated rings. The van der Waals surface area contributed by atoms with Gasteiger partial charge in [-0.05, 0) is 31.3 Å². The minimum absolute atomic E-state index is 0.0286. The van der Waals surface area contributed by atoms with Crippen LogP contribution in [0.1, 0.15) is 26.3 Å². The number of nitrogens with zero attached hydrogens (tertiary/aromatic N) is 3. The fourth-order valence-electron chi connectivity index (χ4n) is 3.05. The average molecular weight is 390 g/mol. The molecule has 1 aliphatic rings. The van der Waals surface area contributed by atoms with E-state index in [1.807, 2.05) is 0 Å². The van der Waals surface area contributed by atoms with Gasteiger partial charge in [0.2, 0.25) is 0 Å². The lowest BCUT2D eigenvalue weighted by molar-refractivity contribution is -0.385. The summed E-state index contributed by atoms with van der Waals surface area (Å²) in [4.78, 5) is 38.4. The summed E-state index contributed by atoms with van der Waals surface area (Å²) in [5, 5.41) is 11.7. The van der Waals surface area contributed by atoms with Crippen molar-refractivity contribution in [3.63, 3.8) is 0 Å². The number of imide groups is 1. The third kappa shape index (κ3) is 3.49. The van der Waals surface area contributed by atoms with E-state index in [0.717, 1.165) is 10.5 Å². The molecule has 0 aromatic heterocycles. The van der Waals surface area contributed by atoms with Crippen LogP contribution < -0.4 is 4.74 Å². The molecule has 0 aliphatic carbocycles. The Bertz CT molecular complexity index is 947. The van der Waals surface area contributed by atoms with Gasteiger partial charge in [-0.15, -0.1) is 0 Å². The maximum Gasteiger partial charge on any atom is 0.282 e. The van der Waals surface area contributed by atoms with Gasteiger partial charge in [0.05, 0.1) is 24.3 Å². The first-order valence-corrected chi connectivity index (χ1v) is 8.36. The topological polar surface area (TPSA) is 93.0 Å². The predicted molar refractivity (Wildman–Crippen MR) is 97.9 cm³/mol. The molecule has 0 saturated heterocycles. The number of nitro groups is 1. The number of benzene rings is 2. The van der Waals surface area contributed by atoms with Crippen molar-refractivity contribution < 1.29 is 19.2 Å². The van der Waals surface area contributed by atoms with Gasteiger partial charge in [-0.25, -0.2) is 0 Å². The van der Waals surface area contributed by atoms with Gasteiger partial charge in [-0.3, -0.25) is 29.5 Å². The van der Waals surface area contributed by atoms with E-state index in [1.165, 1.54) is 25.3 Å². The third-order valence-corrected chi connectivity index (χ3v) is 4.47. The van der Waals surface area contributed by atoms with Crippen LogP contribution in [0.5, 0.6) is 5.75 Å². The molecule has 0 atom stereocenters. The van der Waals surface area contributed by atoms with Crippen molar-refractivity contribution in [1.29, 1.82) is 0 Å². The van der Waals surface area contributed by atoms with Gasteiger partial charge >= 0.3 is 0 Å². The molecule has 8 nitrogen and oxygen atoms in total. The summed E-state index contributed by atoms with van der Waals surface area (Å²) in [6, 6.07) is 9.21. The number of carbonyl (C=O) groups excluding carboxylic acids is 2. The molecular weight excluding hydrogens is 374 g/mol. The van der Waals surface area contributed by atoms with Crippen molar-refractivity contribution in [3.05, 3.63) is 68.2 Å². The second-order valence-electron chi connectivity index (χ2n) is 6.11. The first-order valence-electron chi connectivity index (χ1n) is 7.98. The third-order valence-electron chi connectivity index (χ3n) is 4.24. The Labute approximate surface area is 160 Å². The number of halogens is 1. The lowest BCUT2D eigenvalue weighted by Gasteiger charge is -2.23. The summed E-state index contributed by atoms with van der Waals surface area (Å²) in [5.74, 6) is -0.597. The van der Waals surface area contributed by atoms with Crippen LogP contribution in [0.15, 0.2) is 36.4 Å². The Morgan fingerprint density at radius 2 is 1.96 bits per heavy atom. The molecule has 0 saturated carbocycles. The van der Waals surface area contributed by atoms with Gasteiger partial charge in [-0.1, -0.05) is 17.7 Å². The molecule has 0 bridgehead atoms. The van der Waals surface area contributed by atoms with Crippen molar-refractivity contribution >= 4 is 29.1 Å². The zero-order valence-corrected chi connectivity index (χ0v) is 15.4. The van der Waals surface area contributed by atoms with Crippen molar-refractivity contribution in [2.24, 2.45) is 0 Å². The van der Waals surface area contributed by atoms with E-state index >= 15 is 0 Å². The van der Waals surface area contributed by atoms with Gasteiger partial charge in [0.15, 0.2) is 0 Å². The fraction of sp³-hybridized carbons (Fsp3) is 0.222. The van der Waals surface area contributed by atoms with Crippen molar-refractivity contribution in [1.82, 2.24) is 9.80 Å². The molecule has 9 heteroatoms. The number of methoxy groups -OCH3 is 1. The predicted octanol–water partition coefficient (Wildman–Crippen LogP) is 2.94. The van der Waals surface area contributed by atoms with Crippen LogP contribution in [-0.2, 0) is 6.54 Å². The van der Waals surface area contributed by atoms with Gasteiger partial charge in [0, 0.05) is 23.2 Å². The summed E-state index contributed by atoms with van der Waals surface area (Å²) < 4.78 is 5.30. The number of nitro benzene ring substituents is 1. The van der Waals surface area contributed by atoms with E-state index in [4.69, 9.17) is 16.3 Å². The maximum absolute atomic E-state index is 12.6. The van der Waals surface area contributed by atoms with E-state index in [0.29, 0.717) is 17.3 Å². The molecule has 2 aromatic rings. The largest absolute Gasteiger partial charge is 0.496 e. The van der Waals surface area contributed by atoms with E-state index in [2.05, 4.69) is 0 Å². The maximum atomic E-state index is 12.6. The van der Waals surface area contributed by atoms with Crippen LogP contribution >= 0.6 is 11.6 Å². The van der Waals surface area contributed by atoms with Gasteiger partial charge in [-0.2, -0.15) is 0 Å². The van der Waals surface area contributed by atoms with Gasteiger partial charge < -0.3 is 4.74 Å². The molecular formula is C18H16ClN3O5. The minimum Gasteiger partial charge on any atom is -0.496 e.